The molecule has 0 saturated heterocycles. The molecule has 1 aliphatic carbocycles. The number of ketones is 1. The Hall–Kier alpha value is -3.06. The molecule has 162 valence electrons. The number of nitrogens with two attached hydrogens (primary N) is 2. The summed E-state index contributed by atoms with van der Waals surface area (Å²) >= 11 is 6.58. The lowest BCUT2D eigenvalue weighted by Crippen LogP contribution is -2.58. The standard InChI is InChI=1S/C23H26ClN5O2/c1-2-31-17-9-6-15(7-10-17)20(30)16-8-11-18(24)19(14-16)29-22(26)27-21(25)28-23(29)12-4-3-5-13-23/h6-11,14H,2-5,12-13H2,1H3,(H4,25,26,27,28). The number of rotatable bonds is 5. The van der Waals surface area contributed by atoms with E-state index < -0.39 is 5.66 Å². The normalized spacial score (nSPS) is 17.8. The molecule has 2 aromatic carbocycles. The zero-order valence-electron chi connectivity index (χ0n) is 17.5. The molecule has 7 nitrogen and oxygen atoms in total. The highest BCUT2D eigenvalue weighted by Gasteiger charge is 2.43. The molecule has 0 atom stereocenters. The fraction of sp³-hybridized carbons (Fsp3) is 0.348. The summed E-state index contributed by atoms with van der Waals surface area (Å²) in [5.74, 6) is 1.02. The van der Waals surface area contributed by atoms with E-state index in [4.69, 9.17) is 27.8 Å². The molecule has 1 aliphatic heterocycles. The first-order chi connectivity index (χ1) is 14.9. The molecule has 8 heteroatoms. The van der Waals surface area contributed by atoms with E-state index in [9.17, 15) is 4.79 Å². The van der Waals surface area contributed by atoms with E-state index in [2.05, 4.69) is 9.98 Å². The lowest BCUT2D eigenvalue weighted by Gasteiger charge is -2.45. The van der Waals surface area contributed by atoms with Gasteiger partial charge in [0, 0.05) is 11.1 Å². The van der Waals surface area contributed by atoms with E-state index in [1.165, 1.54) is 0 Å². The lowest BCUT2D eigenvalue weighted by molar-refractivity contribution is 0.103. The maximum Gasteiger partial charge on any atom is 0.220 e. The second kappa shape index (κ2) is 8.59. The highest BCUT2D eigenvalue weighted by Crippen LogP contribution is 2.42. The topological polar surface area (TPSA) is 106 Å². The van der Waals surface area contributed by atoms with Gasteiger partial charge in [-0.3, -0.25) is 9.69 Å². The van der Waals surface area contributed by atoms with E-state index in [-0.39, 0.29) is 17.7 Å². The molecule has 1 spiro atoms. The Morgan fingerprint density at radius 2 is 1.77 bits per heavy atom. The number of guanidine groups is 2. The van der Waals surface area contributed by atoms with Gasteiger partial charge in [-0.25, -0.2) is 4.99 Å². The van der Waals surface area contributed by atoms with Crippen LogP contribution in [0.4, 0.5) is 5.69 Å². The van der Waals surface area contributed by atoms with Crippen molar-refractivity contribution in [1.29, 1.82) is 0 Å². The molecule has 4 N–H and O–H groups in total. The first-order valence-electron chi connectivity index (χ1n) is 10.5. The van der Waals surface area contributed by atoms with Crippen LogP contribution in [0.15, 0.2) is 52.4 Å². The number of benzene rings is 2. The van der Waals surface area contributed by atoms with Gasteiger partial charge < -0.3 is 16.2 Å². The number of ether oxygens (including phenoxy) is 1. The summed E-state index contributed by atoms with van der Waals surface area (Å²) < 4.78 is 5.46. The smallest absolute Gasteiger partial charge is 0.220 e. The third kappa shape index (κ3) is 4.10. The highest BCUT2D eigenvalue weighted by atomic mass is 35.5. The van der Waals surface area contributed by atoms with Crippen molar-refractivity contribution < 1.29 is 9.53 Å². The monoisotopic (exact) mass is 439 g/mol. The summed E-state index contributed by atoms with van der Waals surface area (Å²) in [5.41, 5.74) is 13.3. The van der Waals surface area contributed by atoms with Gasteiger partial charge >= 0.3 is 0 Å². The van der Waals surface area contributed by atoms with Crippen molar-refractivity contribution in [2.75, 3.05) is 11.5 Å². The quantitative estimate of drug-likeness (QED) is 0.682. The Morgan fingerprint density at radius 3 is 2.45 bits per heavy atom. The fourth-order valence-corrected chi connectivity index (χ4v) is 4.53. The second-order valence-electron chi connectivity index (χ2n) is 7.77. The molecule has 2 aliphatic rings. The van der Waals surface area contributed by atoms with Crippen molar-refractivity contribution in [2.45, 2.75) is 44.7 Å². The van der Waals surface area contributed by atoms with Crippen molar-refractivity contribution in [3.8, 4) is 5.75 Å². The zero-order chi connectivity index (χ0) is 22.0. The van der Waals surface area contributed by atoms with Crippen LogP contribution >= 0.6 is 11.6 Å². The lowest BCUT2D eigenvalue weighted by atomic mass is 9.87. The van der Waals surface area contributed by atoms with E-state index in [1.54, 1.807) is 42.5 Å². The van der Waals surface area contributed by atoms with E-state index >= 15 is 0 Å². The number of carbonyl (C=O) groups is 1. The van der Waals surface area contributed by atoms with E-state index in [0.717, 1.165) is 37.9 Å². The molecule has 1 saturated carbocycles. The average Bonchev–Trinajstić information content (AvgIpc) is 2.75. The maximum atomic E-state index is 13.2. The Morgan fingerprint density at radius 1 is 1.10 bits per heavy atom. The van der Waals surface area contributed by atoms with Crippen LogP contribution in [-0.4, -0.2) is 30.0 Å². The fourth-order valence-electron chi connectivity index (χ4n) is 4.33. The first kappa shape index (κ1) is 21.2. The average molecular weight is 440 g/mol. The molecule has 1 fully saturated rings. The summed E-state index contributed by atoms with van der Waals surface area (Å²) in [5, 5.41) is 0.474. The van der Waals surface area contributed by atoms with Crippen molar-refractivity contribution in [1.82, 2.24) is 0 Å². The zero-order valence-corrected chi connectivity index (χ0v) is 18.2. The number of carbonyl (C=O) groups excluding carboxylic acids is 1. The van der Waals surface area contributed by atoms with Crippen molar-refractivity contribution in [3.05, 3.63) is 58.6 Å². The van der Waals surface area contributed by atoms with Crippen molar-refractivity contribution in [3.63, 3.8) is 0 Å². The molecule has 31 heavy (non-hydrogen) atoms. The number of hydrogen-bond acceptors (Lipinski definition) is 7. The molecular formula is C23H26ClN5O2. The Balaban J connectivity index is 1.72. The first-order valence-corrected chi connectivity index (χ1v) is 10.9. The number of nitrogens with zero attached hydrogens (tertiary/aromatic N) is 3. The number of anilines is 1. The van der Waals surface area contributed by atoms with Crippen LogP contribution in [0.2, 0.25) is 5.02 Å². The summed E-state index contributed by atoms with van der Waals surface area (Å²) in [6.45, 7) is 2.49. The van der Waals surface area contributed by atoms with Crippen LogP contribution in [-0.2, 0) is 0 Å². The molecular weight excluding hydrogens is 414 g/mol. The van der Waals surface area contributed by atoms with Crippen LogP contribution < -0.4 is 21.1 Å². The molecule has 0 aromatic heterocycles. The van der Waals surface area contributed by atoms with Gasteiger partial charge in [0.15, 0.2) is 5.78 Å². The van der Waals surface area contributed by atoms with Gasteiger partial charge in [0.2, 0.25) is 11.9 Å². The van der Waals surface area contributed by atoms with Gasteiger partial charge in [0.1, 0.15) is 11.4 Å². The summed E-state index contributed by atoms with van der Waals surface area (Å²) in [7, 11) is 0. The largest absolute Gasteiger partial charge is 0.494 e. The van der Waals surface area contributed by atoms with Crippen LogP contribution in [0.3, 0.4) is 0 Å². The maximum absolute atomic E-state index is 13.2. The molecule has 0 bridgehead atoms. The minimum absolute atomic E-state index is 0.116. The van der Waals surface area contributed by atoms with Crippen LogP contribution in [0.25, 0.3) is 0 Å². The summed E-state index contributed by atoms with van der Waals surface area (Å²) in [4.78, 5) is 23.9. The predicted octanol–water partition coefficient (Wildman–Crippen LogP) is 4.08. The van der Waals surface area contributed by atoms with Gasteiger partial charge in [0.25, 0.3) is 0 Å². The second-order valence-corrected chi connectivity index (χ2v) is 8.18. The van der Waals surface area contributed by atoms with Crippen LogP contribution in [0, 0.1) is 0 Å². The minimum Gasteiger partial charge on any atom is -0.494 e. The summed E-state index contributed by atoms with van der Waals surface area (Å²) in [6.07, 6.45) is 4.71. The highest BCUT2D eigenvalue weighted by molar-refractivity contribution is 6.34. The van der Waals surface area contributed by atoms with Gasteiger partial charge in [-0.1, -0.05) is 18.0 Å². The molecule has 2 aromatic rings. The van der Waals surface area contributed by atoms with Gasteiger partial charge in [-0.2, -0.15) is 4.99 Å². The van der Waals surface area contributed by atoms with Gasteiger partial charge in [0.05, 0.1) is 17.3 Å². The number of hydrogen-bond donors (Lipinski definition) is 2. The molecule has 0 amide bonds. The Bertz CT molecular complexity index is 1040. The summed E-state index contributed by atoms with van der Waals surface area (Å²) in [6, 6.07) is 12.3. The Labute approximate surface area is 186 Å². The van der Waals surface area contributed by atoms with E-state index in [0.29, 0.717) is 28.4 Å². The minimum atomic E-state index is -0.626. The molecule has 0 unspecified atom stereocenters. The van der Waals surface area contributed by atoms with Crippen LogP contribution in [0.1, 0.15) is 54.9 Å². The molecule has 4 rings (SSSR count). The molecule has 1 heterocycles. The van der Waals surface area contributed by atoms with Gasteiger partial charge in [-0.05, 0) is 75.1 Å². The third-order valence-corrected chi connectivity index (χ3v) is 6.05. The van der Waals surface area contributed by atoms with Gasteiger partial charge in [-0.15, -0.1) is 0 Å². The third-order valence-electron chi connectivity index (χ3n) is 5.73. The predicted molar refractivity (Wildman–Crippen MR) is 124 cm³/mol. The number of aliphatic imine (C=N–C) groups is 2. The SMILES string of the molecule is CCOc1ccc(C(=O)c2ccc(Cl)c(N3C(N)=NC(N)=NC34CCCCC4)c2)cc1. The number of halogens is 1. The molecule has 0 radical (unpaired) electrons. The van der Waals surface area contributed by atoms with Crippen molar-refractivity contribution in [2.24, 2.45) is 21.5 Å². The Kier molecular flexibility index (Phi) is 5.87. The van der Waals surface area contributed by atoms with Crippen LogP contribution in [0.5, 0.6) is 5.75 Å². The van der Waals surface area contributed by atoms with E-state index in [1.807, 2.05) is 11.8 Å². The van der Waals surface area contributed by atoms with Crippen molar-refractivity contribution >= 4 is 35.0 Å².